The number of carbonyl (C=O) groups is 1. The summed E-state index contributed by atoms with van der Waals surface area (Å²) in [5, 5.41) is 2.96. The molecular formula is C18H16N2O2S2. The van der Waals surface area contributed by atoms with E-state index in [2.05, 4.69) is 16.4 Å². The van der Waals surface area contributed by atoms with Crippen LogP contribution in [0.15, 0.2) is 46.8 Å². The third-order valence-corrected chi connectivity index (χ3v) is 5.98. The lowest BCUT2D eigenvalue weighted by atomic mass is 10.1. The summed E-state index contributed by atoms with van der Waals surface area (Å²) in [6, 6.07) is 13.9. The van der Waals surface area contributed by atoms with E-state index in [1.54, 1.807) is 23.1 Å². The normalized spacial score (nSPS) is 12.8. The first-order valence-corrected chi connectivity index (χ1v) is 9.62. The largest absolute Gasteiger partial charge is 0.493 e. The Morgan fingerprint density at radius 1 is 1.29 bits per heavy atom. The quantitative estimate of drug-likeness (QED) is 0.691. The number of thiazole rings is 1. The minimum Gasteiger partial charge on any atom is -0.493 e. The van der Waals surface area contributed by atoms with Gasteiger partial charge in [-0.1, -0.05) is 23.9 Å². The number of carbonyl (C=O) groups excluding carboxylic acids is 1. The van der Waals surface area contributed by atoms with Gasteiger partial charge in [0.15, 0.2) is 4.34 Å². The number of hydrogen-bond acceptors (Lipinski definition) is 5. The fraction of sp³-hybridized carbons (Fsp3) is 0.222. The molecule has 0 bridgehead atoms. The van der Waals surface area contributed by atoms with Crippen LogP contribution in [-0.4, -0.2) is 23.3 Å². The van der Waals surface area contributed by atoms with Crippen molar-refractivity contribution < 1.29 is 9.53 Å². The molecule has 0 spiro atoms. The van der Waals surface area contributed by atoms with E-state index < -0.39 is 0 Å². The average molecular weight is 356 g/mol. The van der Waals surface area contributed by atoms with E-state index in [1.807, 2.05) is 36.4 Å². The summed E-state index contributed by atoms with van der Waals surface area (Å²) >= 11 is 3.30. The number of benzene rings is 2. The number of thioether (sulfide) groups is 1. The molecule has 4 rings (SSSR count). The van der Waals surface area contributed by atoms with E-state index in [9.17, 15) is 4.79 Å². The fourth-order valence-corrected chi connectivity index (χ4v) is 4.71. The molecule has 1 N–H and O–H groups in total. The van der Waals surface area contributed by atoms with Crippen LogP contribution in [0.1, 0.15) is 12.0 Å². The summed E-state index contributed by atoms with van der Waals surface area (Å²) in [7, 11) is 0. The molecule has 0 saturated carbocycles. The van der Waals surface area contributed by atoms with Crippen molar-refractivity contribution in [3.63, 3.8) is 0 Å². The van der Waals surface area contributed by atoms with Crippen molar-refractivity contribution in [1.29, 1.82) is 0 Å². The Labute approximate surface area is 148 Å². The highest BCUT2D eigenvalue weighted by atomic mass is 32.2. The monoisotopic (exact) mass is 356 g/mol. The number of fused-ring (bicyclic) bond motifs is 2. The van der Waals surface area contributed by atoms with Gasteiger partial charge in [-0.2, -0.15) is 0 Å². The molecule has 122 valence electrons. The van der Waals surface area contributed by atoms with E-state index in [0.717, 1.165) is 45.6 Å². The molecule has 1 amide bonds. The number of nitrogens with one attached hydrogen (secondary N) is 1. The van der Waals surface area contributed by atoms with E-state index in [-0.39, 0.29) is 5.91 Å². The smallest absolute Gasteiger partial charge is 0.225 e. The highest BCUT2D eigenvalue weighted by molar-refractivity contribution is 8.01. The van der Waals surface area contributed by atoms with Crippen LogP contribution in [0.4, 0.5) is 5.69 Å². The van der Waals surface area contributed by atoms with E-state index in [0.29, 0.717) is 6.42 Å². The van der Waals surface area contributed by atoms with Crippen molar-refractivity contribution >= 4 is 44.9 Å². The van der Waals surface area contributed by atoms with Gasteiger partial charge in [0.2, 0.25) is 5.91 Å². The average Bonchev–Trinajstić information content (AvgIpc) is 3.20. The maximum atomic E-state index is 12.1. The maximum absolute atomic E-state index is 12.1. The number of amides is 1. The van der Waals surface area contributed by atoms with Crippen molar-refractivity contribution in [3.05, 3.63) is 48.0 Å². The van der Waals surface area contributed by atoms with Gasteiger partial charge in [-0.3, -0.25) is 4.79 Å². The van der Waals surface area contributed by atoms with Crippen LogP contribution in [0.25, 0.3) is 10.2 Å². The van der Waals surface area contributed by atoms with Gasteiger partial charge in [0.25, 0.3) is 0 Å². The van der Waals surface area contributed by atoms with Crippen LogP contribution in [0.2, 0.25) is 0 Å². The number of aromatic nitrogens is 1. The zero-order valence-electron chi connectivity index (χ0n) is 13.0. The van der Waals surface area contributed by atoms with Crippen LogP contribution in [0, 0.1) is 0 Å². The molecule has 0 atom stereocenters. The lowest BCUT2D eigenvalue weighted by molar-refractivity contribution is -0.115. The van der Waals surface area contributed by atoms with Gasteiger partial charge < -0.3 is 10.1 Å². The molecule has 2 heterocycles. The topological polar surface area (TPSA) is 51.2 Å². The second-order valence-electron chi connectivity index (χ2n) is 5.52. The molecule has 24 heavy (non-hydrogen) atoms. The Morgan fingerprint density at radius 2 is 2.21 bits per heavy atom. The van der Waals surface area contributed by atoms with E-state index in [4.69, 9.17) is 4.74 Å². The van der Waals surface area contributed by atoms with Crippen molar-refractivity contribution in [1.82, 2.24) is 4.98 Å². The summed E-state index contributed by atoms with van der Waals surface area (Å²) in [6.07, 6.45) is 1.38. The second kappa shape index (κ2) is 6.83. The van der Waals surface area contributed by atoms with E-state index >= 15 is 0 Å². The fourth-order valence-electron chi connectivity index (χ4n) is 2.63. The van der Waals surface area contributed by atoms with Gasteiger partial charge in [-0.15, -0.1) is 11.3 Å². The van der Waals surface area contributed by atoms with E-state index in [1.165, 1.54) is 4.70 Å². The molecule has 1 aliphatic rings. The highest BCUT2D eigenvalue weighted by Gasteiger charge is 2.13. The van der Waals surface area contributed by atoms with Crippen molar-refractivity contribution in [2.24, 2.45) is 0 Å². The first-order chi connectivity index (χ1) is 11.8. The molecule has 0 fully saturated rings. The number of rotatable bonds is 5. The minimum absolute atomic E-state index is 0.0301. The van der Waals surface area contributed by atoms with Gasteiger partial charge in [0.1, 0.15) is 5.75 Å². The maximum Gasteiger partial charge on any atom is 0.225 e. The predicted molar refractivity (Wildman–Crippen MR) is 99.2 cm³/mol. The second-order valence-corrected chi connectivity index (χ2v) is 7.89. The molecule has 6 heteroatoms. The van der Waals surface area contributed by atoms with Crippen LogP contribution in [-0.2, 0) is 11.2 Å². The van der Waals surface area contributed by atoms with Gasteiger partial charge in [0.05, 0.1) is 16.8 Å². The van der Waals surface area contributed by atoms with Crippen molar-refractivity contribution in [3.8, 4) is 5.75 Å². The molecule has 0 radical (unpaired) electrons. The Hall–Kier alpha value is -2.05. The molecule has 2 aromatic carbocycles. The molecule has 0 unspecified atom stereocenters. The summed E-state index contributed by atoms with van der Waals surface area (Å²) < 4.78 is 7.67. The van der Waals surface area contributed by atoms with Gasteiger partial charge in [0, 0.05) is 24.3 Å². The Morgan fingerprint density at radius 3 is 3.12 bits per heavy atom. The zero-order chi connectivity index (χ0) is 16.4. The van der Waals surface area contributed by atoms with Crippen LogP contribution in [0.3, 0.4) is 0 Å². The first kappa shape index (κ1) is 15.5. The minimum atomic E-state index is 0.0301. The Kier molecular flexibility index (Phi) is 4.40. The summed E-state index contributed by atoms with van der Waals surface area (Å²) in [4.78, 5) is 16.7. The number of anilines is 1. The standard InChI is InChI=1S/C18H16N2O2S2/c21-17(19-13-5-6-15-12(11-13)7-9-22-15)8-10-23-18-20-14-3-1-2-4-16(14)24-18/h1-6,11H,7-10H2,(H,19,21). The highest BCUT2D eigenvalue weighted by Crippen LogP contribution is 2.30. The molecule has 4 nitrogen and oxygen atoms in total. The summed E-state index contributed by atoms with van der Waals surface area (Å²) in [5.41, 5.74) is 3.03. The molecule has 0 aliphatic carbocycles. The first-order valence-electron chi connectivity index (χ1n) is 7.82. The van der Waals surface area contributed by atoms with Gasteiger partial charge >= 0.3 is 0 Å². The third-order valence-electron chi connectivity index (χ3n) is 3.80. The molecule has 1 aromatic heterocycles. The number of para-hydroxylation sites is 1. The number of hydrogen-bond donors (Lipinski definition) is 1. The van der Waals surface area contributed by atoms with Crippen LogP contribution in [0.5, 0.6) is 5.75 Å². The third kappa shape index (κ3) is 3.39. The number of ether oxygens (including phenoxy) is 1. The molecule has 3 aromatic rings. The summed E-state index contributed by atoms with van der Waals surface area (Å²) in [6.45, 7) is 0.728. The van der Waals surface area contributed by atoms with Crippen LogP contribution >= 0.6 is 23.1 Å². The van der Waals surface area contributed by atoms with Gasteiger partial charge in [-0.25, -0.2) is 4.98 Å². The lowest BCUT2D eigenvalue weighted by Crippen LogP contribution is -2.12. The molecular weight excluding hydrogens is 340 g/mol. The molecule has 0 saturated heterocycles. The zero-order valence-corrected chi connectivity index (χ0v) is 14.6. The van der Waals surface area contributed by atoms with Crippen LogP contribution < -0.4 is 10.1 Å². The lowest BCUT2D eigenvalue weighted by Gasteiger charge is -2.06. The van der Waals surface area contributed by atoms with Gasteiger partial charge in [-0.05, 0) is 35.9 Å². The SMILES string of the molecule is O=C(CCSc1nc2ccccc2s1)Nc1ccc2c(c1)CCO2. The van der Waals surface area contributed by atoms with Crippen molar-refractivity contribution in [2.45, 2.75) is 17.2 Å². The molecule has 1 aliphatic heterocycles. The summed E-state index contributed by atoms with van der Waals surface area (Å²) in [5.74, 6) is 1.68. The Bertz CT molecular complexity index is 859. The Balaban J connectivity index is 1.30. The predicted octanol–water partition coefficient (Wildman–Crippen LogP) is 4.35. The number of nitrogens with zero attached hydrogens (tertiary/aromatic N) is 1. The van der Waals surface area contributed by atoms with Crippen molar-refractivity contribution in [2.75, 3.05) is 17.7 Å².